The first-order valence-corrected chi connectivity index (χ1v) is 13.0. The smallest absolute Gasteiger partial charge is 0.266 e. The van der Waals surface area contributed by atoms with E-state index in [4.69, 9.17) is 27.9 Å². The minimum Gasteiger partial charge on any atom is -0.489 e. The van der Waals surface area contributed by atoms with Crippen molar-refractivity contribution in [3.05, 3.63) is 69.4 Å². The summed E-state index contributed by atoms with van der Waals surface area (Å²) in [5.74, 6) is -0.808. The van der Waals surface area contributed by atoms with Gasteiger partial charge in [-0.05, 0) is 36.6 Å². The summed E-state index contributed by atoms with van der Waals surface area (Å²) in [7, 11) is -4.16. The van der Waals surface area contributed by atoms with Gasteiger partial charge < -0.3 is 4.74 Å². The Hall–Kier alpha value is -1.91. The molecule has 0 radical (unpaired) electrons. The summed E-state index contributed by atoms with van der Waals surface area (Å²) >= 11 is 13.4. The number of hydrogen-bond donors (Lipinski definition) is 1. The van der Waals surface area contributed by atoms with Gasteiger partial charge in [0, 0.05) is 42.3 Å². The second kappa shape index (κ2) is 9.93. The number of sulfonamides is 1. The van der Waals surface area contributed by atoms with Gasteiger partial charge in [0.1, 0.15) is 22.6 Å². The van der Waals surface area contributed by atoms with Crippen LogP contribution >= 0.6 is 34.5 Å². The Morgan fingerprint density at radius 2 is 2.00 bits per heavy atom. The second-order valence-corrected chi connectivity index (χ2v) is 10.8. The van der Waals surface area contributed by atoms with E-state index < -0.39 is 20.7 Å². The van der Waals surface area contributed by atoms with Gasteiger partial charge in [-0.1, -0.05) is 35.3 Å². The van der Waals surface area contributed by atoms with Crippen LogP contribution in [0.4, 0.5) is 9.52 Å². The number of anilines is 1. The second-order valence-electron chi connectivity index (χ2n) is 7.38. The van der Waals surface area contributed by atoms with E-state index in [9.17, 15) is 12.8 Å². The van der Waals surface area contributed by atoms with E-state index in [2.05, 4.69) is 14.6 Å². The fraction of sp³-hybridized carbons (Fsp3) is 0.286. The monoisotopic (exact) mass is 515 g/mol. The van der Waals surface area contributed by atoms with E-state index in [-0.39, 0.29) is 22.0 Å². The first kappa shape index (κ1) is 23.3. The number of nitrogens with one attached hydrogen (secondary N) is 1. The molecule has 1 aliphatic rings. The quantitative estimate of drug-likeness (QED) is 0.453. The molecule has 0 amide bonds. The zero-order valence-corrected chi connectivity index (χ0v) is 19.9. The van der Waals surface area contributed by atoms with Crippen LogP contribution in [0.25, 0.3) is 0 Å². The van der Waals surface area contributed by atoms with Crippen molar-refractivity contribution in [3.63, 3.8) is 0 Å². The molecule has 2 heterocycles. The van der Waals surface area contributed by atoms with E-state index in [1.165, 1.54) is 6.20 Å². The normalized spacial score (nSPS) is 15.6. The molecule has 6 nitrogen and oxygen atoms in total. The topological polar surface area (TPSA) is 71.5 Å². The van der Waals surface area contributed by atoms with Gasteiger partial charge in [-0.2, -0.15) is 0 Å². The zero-order valence-electron chi connectivity index (χ0n) is 16.8. The number of ether oxygens (including phenoxy) is 1. The Morgan fingerprint density at radius 1 is 1.22 bits per heavy atom. The van der Waals surface area contributed by atoms with Crippen LogP contribution in [-0.2, 0) is 16.6 Å². The maximum absolute atomic E-state index is 14.7. The Balaban J connectivity index is 1.38. The molecular weight excluding hydrogens is 496 g/mol. The first-order chi connectivity index (χ1) is 15.3. The average Bonchev–Trinajstić information content (AvgIpc) is 3.24. The minimum absolute atomic E-state index is 0.0345. The zero-order chi connectivity index (χ0) is 22.7. The SMILES string of the molecule is O=S(=O)(Nc1nccs1)c1cc(Cl)c(OC2CCN(Cc3cccc(Cl)c3)CC2)cc1F. The number of halogens is 3. The van der Waals surface area contributed by atoms with Crippen molar-refractivity contribution in [1.29, 1.82) is 0 Å². The van der Waals surface area contributed by atoms with Crippen LogP contribution in [0.2, 0.25) is 10.0 Å². The number of likely N-dealkylation sites (tertiary alicyclic amines) is 1. The van der Waals surface area contributed by atoms with Gasteiger partial charge in [0.25, 0.3) is 10.0 Å². The number of benzene rings is 2. The fourth-order valence-corrected chi connectivity index (χ4v) is 5.87. The predicted molar refractivity (Wildman–Crippen MR) is 125 cm³/mol. The van der Waals surface area contributed by atoms with Crippen molar-refractivity contribution >= 4 is 49.7 Å². The van der Waals surface area contributed by atoms with E-state index in [1.807, 2.05) is 24.3 Å². The highest BCUT2D eigenvalue weighted by Gasteiger charge is 2.25. The van der Waals surface area contributed by atoms with E-state index in [1.54, 1.807) is 5.38 Å². The molecule has 0 spiro atoms. The molecule has 0 atom stereocenters. The van der Waals surface area contributed by atoms with Gasteiger partial charge in [-0.3, -0.25) is 9.62 Å². The van der Waals surface area contributed by atoms with Crippen molar-refractivity contribution in [3.8, 4) is 5.75 Å². The van der Waals surface area contributed by atoms with Crippen molar-refractivity contribution in [1.82, 2.24) is 9.88 Å². The molecule has 1 aliphatic heterocycles. The van der Waals surface area contributed by atoms with Crippen molar-refractivity contribution in [2.75, 3.05) is 17.8 Å². The highest BCUT2D eigenvalue weighted by atomic mass is 35.5. The van der Waals surface area contributed by atoms with Crippen molar-refractivity contribution < 1.29 is 17.5 Å². The lowest BCUT2D eigenvalue weighted by Crippen LogP contribution is -2.37. The average molecular weight is 516 g/mol. The first-order valence-electron chi connectivity index (χ1n) is 9.85. The minimum atomic E-state index is -4.16. The fourth-order valence-electron chi connectivity index (χ4n) is 3.51. The Morgan fingerprint density at radius 3 is 2.69 bits per heavy atom. The molecule has 0 bridgehead atoms. The van der Waals surface area contributed by atoms with Crippen LogP contribution in [0.1, 0.15) is 18.4 Å². The van der Waals surface area contributed by atoms with Crippen LogP contribution in [-0.4, -0.2) is 37.5 Å². The summed E-state index contributed by atoms with van der Waals surface area (Å²) in [6.07, 6.45) is 2.79. The molecule has 0 unspecified atom stereocenters. The van der Waals surface area contributed by atoms with Crippen LogP contribution in [0.15, 0.2) is 52.9 Å². The van der Waals surface area contributed by atoms with Gasteiger partial charge >= 0.3 is 0 Å². The van der Waals surface area contributed by atoms with Crippen LogP contribution in [0, 0.1) is 5.82 Å². The molecule has 0 aliphatic carbocycles. The van der Waals surface area contributed by atoms with Crippen LogP contribution in [0.3, 0.4) is 0 Å². The van der Waals surface area contributed by atoms with Gasteiger partial charge in [-0.15, -0.1) is 11.3 Å². The molecule has 3 aromatic rings. The standard InChI is InChI=1S/C21H20Cl2FN3O3S2/c22-15-3-1-2-14(10-15)13-27-7-4-16(5-8-27)30-19-12-18(24)20(11-17(19)23)32(28,29)26-21-25-6-9-31-21/h1-3,6,9-12,16H,4-5,7-8,13H2,(H,25,26). The molecule has 2 aromatic carbocycles. The number of aromatic nitrogens is 1. The predicted octanol–water partition coefficient (Wildman–Crippen LogP) is 5.43. The number of thiazole rings is 1. The Bertz CT molecular complexity index is 1190. The molecular formula is C21H20Cl2FN3O3S2. The number of rotatable bonds is 7. The van der Waals surface area contributed by atoms with Crippen LogP contribution in [0.5, 0.6) is 5.75 Å². The van der Waals surface area contributed by atoms with Gasteiger partial charge in [0.05, 0.1) is 5.02 Å². The molecule has 170 valence electrons. The summed E-state index contributed by atoms with van der Waals surface area (Å²) < 4.78 is 47.8. The number of nitrogens with zero attached hydrogens (tertiary/aromatic N) is 2. The highest BCUT2D eigenvalue weighted by Crippen LogP contribution is 2.33. The third-order valence-electron chi connectivity index (χ3n) is 5.05. The molecule has 1 saturated heterocycles. The van der Waals surface area contributed by atoms with E-state index in [0.29, 0.717) is 5.02 Å². The molecule has 1 aromatic heterocycles. The number of piperidine rings is 1. The van der Waals surface area contributed by atoms with Crippen LogP contribution < -0.4 is 9.46 Å². The lowest BCUT2D eigenvalue weighted by molar-refractivity contribution is 0.0965. The molecule has 1 N–H and O–H groups in total. The summed E-state index contributed by atoms with van der Waals surface area (Å²) in [4.78, 5) is 5.59. The lowest BCUT2D eigenvalue weighted by atomic mass is 10.1. The molecule has 32 heavy (non-hydrogen) atoms. The maximum Gasteiger partial charge on any atom is 0.266 e. The van der Waals surface area contributed by atoms with E-state index in [0.717, 1.165) is 61.5 Å². The highest BCUT2D eigenvalue weighted by molar-refractivity contribution is 7.93. The summed E-state index contributed by atoms with van der Waals surface area (Å²) in [5.41, 5.74) is 1.14. The third-order valence-corrected chi connectivity index (χ3v) is 7.76. The molecule has 0 saturated carbocycles. The van der Waals surface area contributed by atoms with Gasteiger partial charge in [0.15, 0.2) is 5.13 Å². The van der Waals surface area contributed by atoms with Crippen molar-refractivity contribution in [2.24, 2.45) is 0 Å². The third kappa shape index (κ3) is 5.71. The summed E-state index contributed by atoms with van der Waals surface area (Å²) in [5, 5.41) is 2.50. The summed E-state index contributed by atoms with van der Waals surface area (Å²) in [6, 6.07) is 9.86. The molecule has 11 heteroatoms. The molecule has 1 fully saturated rings. The molecule has 4 rings (SSSR count). The van der Waals surface area contributed by atoms with Gasteiger partial charge in [-0.25, -0.2) is 17.8 Å². The Kier molecular flexibility index (Phi) is 7.21. The van der Waals surface area contributed by atoms with E-state index >= 15 is 0 Å². The largest absolute Gasteiger partial charge is 0.489 e. The summed E-state index contributed by atoms with van der Waals surface area (Å²) in [6.45, 7) is 2.41. The lowest BCUT2D eigenvalue weighted by Gasteiger charge is -2.32. The maximum atomic E-state index is 14.7. The Labute approximate surface area is 200 Å². The number of hydrogen-bond acceptors (Lipinski definition) is 6. The van der Waals surface area contributed by atoms with Gasteiger partial charge in [0.2, 0.25) is 0 Å². The van der Waals surface area contributed by atoms with Crippen molar-refractivity contribution in [2.45, 2.75) is 30.4 Å².